The largest absolute Gasteiger partial charge is 0.467 e. The van der Waals surface area contributed by atoms with Crippen LogP contribution in [0.3, 0.4) is 0 Å². The van der Waals surface area contributed by atoms with Crippen LogP contribution < -0.4 is 21.3 Å². The van der Waals surface area contributed by atoms with Gasteiger partial charge in [-0.15, -0.1) is 0 Å². The molecule has 1 fully saturated rings. The van der Waals surface area contributed by atoms with Gasteiger partial charge in [-0.1, -0.05) is 48.2 Å². The minimum atomic E-state index is -0.489. The number of nitrogens with one attached hydrogen (secondary N) is 1. The molecule has 1 aromatic carbocycles. The minimum absolute atomic E-state index is 0.169. The van der Waals surface area contributed by atoms with E-state index in [-0.39, 0.29) is 38.1 Å². The number of carbonyl (C=O) groups excluding carboxylic acids is 1. The molecule has 1 amide bonds. The van der Waals surface area contributed by atoms with Gasteiger partial charge in [0.15, 0.2) is 4.32 Å². The maximum atomic E-state index is 13.8. The highest BCUT2D eigenvalue weighted by Gasteiger charge is 2.38. The van der Waals surface area contributed by atoms with E-state index in [0.717, 1.165) is 17.3 Å². The lowest BCUT2D eigenvalue weighted by molar-refractivity contribution is -0.113. The van der Waals surface area contributed by atoms with Crippen molar-refractivity contribution in [3.05, 3.63) is 115 Å². The number of pyridine rings is 1. The van der Waals surface area contributed by atoms with Gasteiger partial charge in [-0.2, -0.15) is 0 Å². The molecule has 0 bridgehead atoms. The fourth-order valence-electron chi connectivity index (χ4n) is 4.71. The van der Waals surface area contributed by atoms with E-state index in [0.29, 0.717) is 28.6 Å². The van der Waals surface area contributed by atoms with Gasteiger partial charge in [0.1, 0.15) is 22.9 Å². The van der Waals surface area contributed by atoms with Gasteiger partial charge in [0.2, 0.25) is 0 Å². The molecule has 12 heteroatoms. The van der Waals surface area contributed by atoms with Crippen molar-refractivity contribution in [3.63, 3.8) is 0 Å². The Labute approximate surface area is 243 Å². The van der Waals surface area contributed by atoms with E-state index in [4.69, 9.17) is 16.6 Å². The van der Waals surface area contributed by atoms with Crippen LogP contribution in [0.2, 0.25) is 0 Å². The number of aryl methyl sites for hydroxylation is 1. The number of anilines is 2. The second-order valence-electron chi connectivity index (χ2n) is 9.47. The molecule has 0 radical (unpaired) electrons. The Kier molecular flexibility index (Phi) is 6.72. The number of fused-ring (bicyclic) bond motifs is 1. The average molecular weight is 585 g/mol. The Morgan fingerprint density at radius 3 is 2.54 bits per heavy atom. The third-order valence-electron chi connectivity index (χ3n) is 6.83. The number of aromatic nitrogens is 4. The highest BCUT2D eigenvalue weighted by Crippen LogP contribution is 2.36. The van der Waals surface area contributed by atoms with Gasteiger partial charge < -0.3 is 9.73 Å². The van der Waals surface area contributed by atoms with Crippen LogP contribution in [0.1, 0.15) is 22.6 Å². The zero-order valence-electron chi connectivity index (χ0n) is 22.3. The first-order valence-corrected chi connectivity index (χ1v) is 13.9. The number of thiocarbonyl (C=S) groups is 1. The van der Waals surface area contributed by atoms with E-state index in [1.54, 1.807) is 49.3 Å². The molecular formula is C29H24N6O4S2. The molecule has 0 saturated carbocycles. The van der Waals surface area contributed by atoms with Gasteiger partial charge >= 0.3 is 0 Å². The number of hydrogen-bond donors (Lipinski definition) is 1. The molecule has 1 aliphatic heterocycles. The zero-order chi connectivity index (χ0) is 28.8. The van der Waals surface area contributed by atoms with Gasteiger partial charge in [0.25, 0.3) is 17.0 Å². The summed E-state index contributed by atoms with van der Waals surface area (Å²) in [6.45, 7) is 3.92. The number of rotatable bonds is 6. The fourth-order valence-corrected chi connectivity index (χ4v) is 5.96. The lowest BCUT2D eigenvalue weighted by Gasteiger charge is -2.12. The Morgan fingerprint density at radius 2 is 1.80 bits per heavy atom. The van der Waals surface area contributed by atoms with Crippen LogP contribution in [0.25, 0.3) is 17.4 Å². The van der Waals surface area contributed by atoms with Gasteiger partial charge in [-0.25, -0.2) is 9.67 Å². The summed E-state index contributed by atoms with van der Waals surface area (Å²) in [5.74, 6) is 0.460. The Bertz CT molecular complexity index is 1990. The number of thioether (sulfide) groups is 1. The molecule has 10 nitrogen and oxygen atoms in total. The van der Waals surface area contributed by atoms with Gasteiger partial charge in [0.05, 0.1) is 34.7 Å². The Hall–Kier alpha value is -4.68. The summed E-state index contributed by atoms with van der Waals surface area (Å²) >= 11 is 6.62. The average Bonchev–Trinajstić information content (AvgIpc) is 3.63. The van der Waals surface area contributed by atoms with Gasteiger partial charge in [-0.05, 0) is 55.8 Å². The Balaban J connectivity index is 1.44. The maximum absolute atomic E-state index is 13.8. The molecule has 41 heavy (non-hydrogen) atoms. The van der Waals surface area contributed by atoms with Crippen molar-refractivity contribution >= 4 is 57.4 Å². The number of hydrogen-bond acceptors (Lipinski definition) is 8. The van der Waals surface area contributed by atoms with Crippen LogP contribution in [0.5, 0.6) is 0 Å². The molecule has 1 aliphatic rings. The highest BCUT2D eigenvalue weighted by molar-refractivity contribution is 8.27. The number of amides is 1. The molecule has 0 unspecified atom stereocenters. The summed E-state index contributed by atoms with van der Waals surface area (Å²) in [4.78, 5) is 47.2. The van der Waals surface area contributed by atoms with Gasteiger partial charge in [-0.3, -0.25) is 28.4 Å². The predicted molar refractivity (Wildman–Crippen MR) is 164 cm³/mol. The molecule has 0 aliphatic carbocycles. The molecule has 0 spiro atoms. The normalized spacial score (nSPS) is 14.5. The third kappa shape index (κ3) is 4.60. The summed E-state index contributed by atoms with van der Waals surface area (Å²) in [6, 6.07) is 16.4. The third-order valence-corrected chi connectivity index (χ3v) is 8.13. The molecule has 5 heterocycles. The molecule has 1 N–H and O–H groups in total. The van der Waals surface area contributed by atoms with E-state index in [1.807, 2.05) is 43.3 Å². The van der Waals surface area contributed by atoms with Crippen LogP contribution in [-0.2, 0) is 18.4 Å². The highest BCUT2D eigenvalue weighted by atomic mass is 32.2. The topological polar surface area (TPSA) is 107 Å². The summed E-state index contributed by atoms with van der Waals surface area (Å²) in [5, 5.41) is 3.17. The summed E-state index contributed by atoms with van der Waals surface area (Å²) in [7, 11) is 1.75. The van der Waals surface area contributed by atoms with Crippen molar-refractivity contribution in [2.45, 2.75) is 20.4 Å². The predicted octanol–water partition coefficient (Wildman–Crippen LogP) is 4.41. The monoisotopic (exact) mass is 584 g/mol. The van der Waals surface area contributed by atoms with Crippen molar-refractivity contribution < 1.29 is 9.21 Å². The van der Waals surface area contributed by atoms with Crippen LogP contribution in [0.15, 0.2) is 86.0 Å². The van der Waals surface area contributed by atoms with Gasteiger partial charge in [0, 0.05) is 13.2 Å². The molecule has 0 atom stereocenters. The molecule has 206 valence electrons. The SMILES string of the molecule is Cc1ccc2nc(NCc3ccco3)c(/C=C3/SC(=S)N(c4c(C)n(C)n(-c5ccccc5)c4=O)C3=O)c(=O)n2c1. The minimum Gasteiger partial charge on any atom is -0.467 e. The first-order chi connectivity index (χ1) is 19.7. The van der Waals surface area contributed by atoms with Crippen LogP contribution in [0.4, 0.5) is 11.5 Å². The number of para-hydroxylation sites is 1. The lowest BCUT2D eigenvalue weighted by atomic mass is 10.2. The van der Waals surface area contributed by atoms with Crippen molar-refractivity contribution in [2.75, 3.05) is 10.2 Å². The quantitative estimate of drug-likeness (QED) is 0.231. The summed E-state index contributed by atoms with van der Waals surface area (Å²) in [5.41, 5.74) is 2.19. The number of nitrogens with zero attached hydrogens (tertiary/aromatic N) is 5. The summed E-state index contributed by atoms with van der Waals surface area (Å²) in [6.07, 6.45) is 4.75. The molecule has 4 aromatic heterocycles. The van der Waals surface area contributed by atoms with Crippen LogP contribution in [0, 0.1) is 13.8 Å². The standard InChI is InChI=1S/C29H24N6O4S2/c1-17-11-12-23-31-25(30-15-20-10-7-13-39-20)21(26(36)33(23)16-17)14-22-27(37)34(29(40)41-22)24-18(2)32(3)35(28(24)38)19-8-5-4-6-9-19/h4-14,16,30H,15H2,1-3H3/b22-14+. The van der Waals surface area contributed by atoms with Crippen molar-refractivity contribution in [1.82, 2.24) is 18.7 Å². The summed E-state index contributed by atoms with van der Waals surface area (Å²) < 4.78 is 10.2. The van der Waals surface area contributed by atoms with Crippen molar-refractivity contribution in [3.8, 4) is 5.69 Å². The van der Waals surface area contributed by atoms with E-state index in [1.165, 1.54) is 20.1 Å². The first-order valence-electron chi connectivity index (χ1n) is 12.7. The lowest BCUT2D eigenvalue weighted by Crippen LogP contribution is -2.33. The van der Waals surface area contributed by atoms with E-state index < -0.39 is 5.91 Å². The second kappa shape index (κ2) is 10.4. The zero-order valence-corrected chi connectivity index (χ0v) is 24.0. The second-order valence-corrected chi connectivity index (χ2v) is 11.1. The van der Waals surface area contributed by atoms with Crippen molar-refractivity contribution in [1.29, 1.82) is 0 Å². The van der Waals surface area contributed by atoms with Crippen molar-refractivity contribution in [2.24, 2.45) is 7.05 Å². The number of carbonyl (C=O) groups is 1. The van der Waals surface area contributed by atoms with E-state index in [2.05, 4.69) is 10.3 Å². The van der Waals surface area contributed by atoms with Crippen LogP contribution >= 0.6 is 24.0 Å². The molecule has 5 aromatic rings. The fraction of sp³-hybridized carbons (Fsp3) is 0.138. The first kappa shape index (κ1) is 26.5. The molecular weight excluding hydrogens is 560 g/mol. The van der Waals surface area contributed by atoms with Crippen LogP contribution in [-0.4, -0.2) is 29.0 Å². The molecule has 6 rings (SSSR count). The smallest absolute Gasteiger partial charge is 0.296 e. The Morgan fingerprint density at radius 1 is 1.02 bits per heavy atom. The van der Waals surface area contributed by atoms with E-state index in [9.17, 15) is 14.4 Å². The maximum Gasteiger partial charge on any atom is 0.296 e. The number of benzene rings is 1. The van der Waals surface area contributed by atoms with E-state index >= 15 is 0 Å². The molecule has 1 saturated heterocycles. The number of furan rings is 1.